The summed E-state index contributed by atoms with van der Waals surface area (Å²) in [6, 6.07) is 0. The van der Waals surface area contributed by atoms with E-state index in [-0.39, 0.29) is 18.3 Å². The van der Waals surface area contributed by atoms with Crippen molar-refractivity contribution in [2.24, 2.45) is 0 Å². The van der Waals surface area contributed by atoms with Crippen LogP contribution in [0.1, 0.15) is 104 Å². The van der Waals surface area contributed by atoms with Crippen molar-refractivity contribution in [3.8, 4) is 0 Å². The molecule has 2 saturated carbocycles. The van der Waals surface area contributed by atoms with E-state index >= 15 is 0 Å². The van der Waals surface area contributed by atoms with Gasteiger partial charge in [-0.3, -0.25) is 0 Å². The minimum absolute atomic E-state index is 0.255. The van der Waals surface area contributed by atoms with Crippen molar-refractivity contribution in [3.05, 3.63) is 31.5 Å². The van der Waals surface area contributed by atoms with Crippen molar-refractivity contribution >= 4 is 0 Å². The van der Waals surface area contributed by atoms with E-state index in [1.807, 2.05) is 13.8 Å². The number of epoxide rings is 5. The molecule has 0 bridgehead atoms. The average Bonchev–Trinajstić information content (AvgIpc) is 3.84. The van der Waals surface area contributed by atoms with Gasteiger partial charge in [-0.05, 0) is 64.2 Å². The number of hydrogen-bond acceptors (Lipinski definition) is 8. The summed E-state index contributed by atoms with van der Waals surface area (Å²) < 4.78 is 29.8. The first kappa shape index (κ1) is 32.6. The van der Waals surface area contributed by atoms with E-state index in [1.165, 1.54) is 65.1 Å². The maximum Gasteiger partial charge on any atom is 0.336 e. The lowest BCUT2D eigenvalue weighted by Crippen LogP contribution is -2.54. The van der Waals surface area contributed by atoms with E-state index in [9.17, 15) is 14.4 Å². The van der Waals surface area contributed by atoms with Crippen molar-refractivity contribution in [1.82, 2.24) is 13.7 Å². The van der Waals surface area contributed by atoms with Crippen LogP contribution in [0, 0.1) is 0 Å². The van der Waals surface area contributed by atoms with Gasteiger partial charge in [0.05, 0.1) is 62.5 Å². The zero-order valence-electron chi connectivity index (χ0n) is 26.3. The molecule has 0 N–H and O–H groups in total. The Labute approximate surface area is 254 Å². The molecule has 5 saturated heterocycles. The highest BCUT2D eigenvalue weighted by molar-refractivity contribution is 4.88. The Morgan fingerprint density at radius 3 is 0.977 bits per heavy atom. The van der Waals surface area contributed by atoms with Gasteiger partial charge in [-0.15, -0.1) is 0 Å². The van der Waals surface area contributed by atoms with Crippen molar-refractivity contribution < 1.29 is 23.7 Å². The van der Waals surface area contributed by atoms with Crippen LogP contribution in [-0.2, 0) is 43.3 Å². The van der Waals surface area contributed by atoms with E-state index in [4.69, 9.17) is 23.7 Å². The molecule has 0 aromatic carbocycles. The first-order valence-corrected chi connectivity index (χ1v) is 17.2. The summed E-state index contributed by atoms with van der Waals surface area (Å²) in [6.07, 6.45) is 19.1. The van der Waals surface area contributed by atoms with Gasteiger partial charge in [-0.2, -0.15) is 0 Å². The number of aromatic nitrogens is 3. The minimum Gasteiger partial charge on any atom is -0.373 e. The summed E-state index contributed by atoms with van der Waals surface area (Å²) in [6.45, 7) is 7.21. The predicted molar refractivity (Wildman–Crippen MR) is 162 cm³/mol. The van der Waals surface area contributed by atoms with Crippen LogP contribution in [0.25, 0.3) is 0 Å². The Balaban J connectivity index is 0.000000184. The molecule has 7 unspecified atom stereocenters. The van der Waals surface area contributed by atoms with Gasteiger partial charge in [0.2, 0.25) is 0 Å². The smallest absolute Gasteiger partial charge is 0.336 e. The Bertz CT molecular complexity index is 1000. The molecule has 8 rings (SSSR count). The van der Waals surface area contributed by atoms with Crippen molar-refractivity contribution in [2.75, 3.05) is 19.8 Å². The fraction of sp³-hybridized carbons (Fsp3) is 0.906. The summed E-state index contributed by atoms with van der Waals surface area (Å²) in [7, 11) is 0. The number of ether oxygens (including phenoxy) is 5. The fourth-order valence-corrected chi connectivity index (χ4v) is 6.15. The molecular weight excluding hydrogens is 554 g/mol. The van der Waals surface area contributed by atoms with E-state index in [0.717, 1.165) is 39.1 Å². The lowest BCUT2D eigenvalue weighted by molar-refractivity contribution is 0.361. The van der Waals surface area contributed by atoms with Gasteiger partial charge >= 0.3 is 17.1 Å². The second-order valence-corrected chi connectivity index (χ2v) is 12.6. The van der Waals surface area contributed by atoms with Crippen LogP contribution >= 0.6 is 0 Å². The molecule has 0 amide bonds. The molecule has 11 heteroatoms. The summed E-state index contributed by atoms with van der Waals surface area (Å²) in [5.41, 5.74) is -1.50. The first-order chi connectivity index (χ1) is 21.1. The third kappa shape index (κ3) is 10.4. The van der Waals surface area contributed by atoms with Gasteiger partial charge in [0.1, 0.15) is 0 Å². The standard InChI is InChI=1S/C18H27N3O6.2C6H10O.C2H6/c22-16-19(7-1-4-13-10-25-13)17(23)21(9-3-6-15-12-27-15)18(24)20(16)8-2-5-14-11-26-14;2*1-2-4-6-5(3-1)7-6;1-2/h13-15H,1-12H2;2*5-6H,1-4H2;1-2H3. The largest absolute Gasteiger partial charge is 0.373 e. The van der Waals surface area contributed by atoms with Gasteiger partial charge in [0, 0.05) is 19.6 Å². The zero-order chi connectivity index (χ0) is 30.2. The molecule has 5 aliphatic heterocycles. The first-order valence-electron chi connectivity index (χ1n) is 17.2. The quantitative estimate of drug-likeness (QED) is 0.331. The van der Waals surface area contributed by atoms with Gasteiger partial charge < -0.3 is 23.7 Å². The van der Waals surface area contributed by atoms with E-state index < -0.39 is 17.1 Å². The zero-order valence-corrected chi connectivity index (χ0v) is 26.3. The number of fused-ring (bicyclic) bond motifs is 2. The Kier molecular flexibility index (Phi) is 12.1. The highest BCUT2D eigenvalue weighted by atomic mass is 16.6. The van der Waals surface area contributed by atoms with Crippen LogP contribution in [0.3, 0.4) is 0 Å². The molecule has 244 valence electrons. The molecule has 0 radical (unpaired) electrons. The second-order valence-electron chi connectivity index (χ2n) is 12.6. The van der Waals surface area contributed by atoms with Crippen LogP contribution in [0.15, 0.2) is 14.4 Å². The molecular formula is C32H53N3O8. The van der Waals surface area contributed by atoms with E-state index in [0.29, 0.717) is 63.3 Å². The Morgan fingerprint density at radius 2 is 0.767 bits per heavy atom. The molecule has 2 aliphatic carbocycles. The number of nitrogens with zero attached hydrogens (tertiary/aromatic N) is 3. The third-order valence-corrected chi connectivity index (χ3v) is 9.15. The van der Waals surface area contributed by atoms with Gasteiger partial charge in [0.15, 0.2) is 0 Å². The van der Waals surface area contributed by atoms with Crippen LogP contribution in [0.4, 0.5) is 0 Å². The van der Waals surface area contributed by atoms with Gasteiger partial charge in [-0.1, -0.05) is 39.5 Å². The normalized spacial score (nSPS) is 31.8. The van der Waals surface area contributed by atoms with Crippen molar-refractivity contribution in [3.63, 3.8) is 0 Å². The maximum atomic E-state index is 12.8. The van der Waals surface area contributed by atoms with Gasteiger partial charge in [-0.25, -0.2) is 28.1 Å². The summed E-state index contributed by atoms with van der Waals surface area (Å²) in [5.74, 6) is 0. The molecule has 11 nitrogen and oxygen atoms in total. The van der Waals surface area contributed by atoms with Crippen LogP contribution in [0.2, 0.25) is 0 Å². The Morgan fingerprint density at radius 1 is 0.512 bits per heavy atom. The van der Waals surface area contributed by atoms with Crippen LogP contribution < -0.4 is 17.1 Å². The average molecular weight is 608 g/mol. The molecule has 1 aromatic heterocycles. The summed E-state index contributed by atoms with van der Waals surface area (Å²) >= 11 is 0. The van der Waals surface area contributed by atoms with E-state index in [2.05, 4.69) is 0 Å². The lowest BCUT2D eigenvalue weighted by atomic mass is 10.0. The van der Waals surface area contributed by atoms with Crippen LogP contribution in [-0.4, -0.2) is 76.2 Å². The Hall–Kier alpha value is -1.79. The molecule has 6 heterocycles. The molecule has 0 spiro atoms. The maximum absolute atomic E-state index is 12.8. The van der Waals surface area contributed by atoms with Crippen LogP contribution in [0.5, 0.6) is 0 Å². The summed E-state index contributed by atoms with van der Waals surface area (Å²) in [4.78, 5) is 38.3. The molecule has 7 atom stereocenters. The highest BCUT2D eigenvalue weighted by Gasteiger charge is 2.40. The van der Waals surface area contributed by atoms with E-state index in [1.54, 1.807) is 0 Å². The SMILES string of the molecule is C1CCC2OC2C1.C1CCC2OC2C1.CC.O=c1n(CCCC2CO2)c(=O)n(CCCC2CO2)c(=O)n1CCCC1CO1. The molecule has 7 aliphatic rings. The minimum atomic E-state index is -0.500. The fourth-order valence-electron chi connectivity index (χ4n) is 6.15. The highest BCUT2D eigenvalue weighted by Crippen LogP contribution is 2.36. The lowest BCUT2D eigenvalue weighted by Gasteiger charge is -2.13. The predicted octanol–water partition coefficient (Wildman–Crippen LogP) is 3.39. The third-order valence-electron chi connectivity index (χ3n) is 9.15. The molecule has 7 fully saturated rings. The molecule has 43 heavy (non-hydrogen) atoms. The van der Waals surface area contributed by atoms with Gasteiger partial charge in [0.25, 0.3) is 0 Å². The number of rotatable bonds is 12. The number of hydrogen-bond donors (Lipinski definition) is 0. The topological polar surface area (TPSA) is 129 Å². The molecule has 1 aromatic rings. The van der Waals surface area contributed by atoms with Crippen molar-refractivity contribution in [1.29, 1.82) is 0 Å². The second kappa shape index (κ2) is 16.0. The monoisotopic (exact) mass is 607 g/mol. The summed E-state index contributed by atoms with van der Waals surface area (Å²) in [5, 5.41) is 0. The van der Waals surface area contributed by atoms with Crippen molar-refractivity contribution in [2.45, 2.75) is 166 Å².